The zero-order valence-electron chi connectivity index (χ0n) is 15.4. The maximum Gasteiger partial charge on any atom is 0.161 e. The van der Waals surface area contributed by atoms with Gasteiger partial charge in [0.25, 0.3) is 0 Å². The highest BCUT2D eigenvalue weighted by Crippen LogP contribution is 2.28. The number of ether oxygens (including phenoxy) is 2. The highest BCUT2D eigenvalue weighted by atomic mass is 35.5. The lowest BCUT2D eigenvalue weighted by molar-refractivity contribution is 0.354. The number of aryl methyl sites for hydroxylation is 1. The van der Waals surface area contributed by atoms with Crippen molar-refractivity contribution in [1.82, 2.24) is 9.97 Å². The molecule has 2 N–H and O–H groups in total. The average Bonchev–Trinajstić information content (AvgIpc) is 2.68. The van der Waals surface area contributed by atoms with Gasteiger partial charge < -0.3 is 20.1 Å². The number of benzene rings is 2. The molecule has 0 spiro atoms. The molecule has 3 aromatic rings. The monoisotopic (exact) mass is 384 g/mol. The van der Waals surface area contributed by atoms with E-state index < -0.39 is 0 Å². The van der Waals surface area contributed by atoms with Crippen molar-refractivity contribution < 1.29 is 9.47 Å². The van der Waals surface area contributed by atoms with Gasteiger partial charge in [0.15, 0.2) is 11.5 Å². The molecule has 0 amide bonds. The van der Waals surface area contributed by atoms with E-state index in [-0.39, 0.29) is 0 Å². The number of rotatable bonds is 7. The van der Waals surface area contributed by atoms with Crippen molar-refractivity contribution in [3.05, 3.63) is 64.9 Å². The third-order valence-corrected chi connectivity index (χ3v) is 4.27. The highest BCUT2D eigenvalue weighted by Gasteiger charge is 2.06. The summed E-state index contributed by atoms with van der Waals surface area (Å²) in [6.45, 7) is 2.59. The molecule has 0 aliphatic carbocycles. The summed E-state index contributed by atoms with van der Waals surface area (Å²) in [4.78, 5) is 8.54. The van der Waals surface area contributed by atoms with E-state index in [4.69, 9.17) is 21.1 Å². The molecule has 0 saturated heterocycles. The van der Waals surface area contributed by atoms with Crippen LogP contribution in [0.1, 0.15) is 11.1 Å². The van der Waals surface area contributed by atoms with Crippen LogP contribution in [-0.4, -0.2) is 24.2 Å². The fraction of sp³-hybridized carbons (Fsp3) is 0.200. The average molecular weight is 385 g/mol. The van der Waals surface area contributed by atoms with Crippen molar-refractivity contribution >= 4 is 28.9 Å². The molecule has 0 bridgehead atoms. The third-order valence-electron chi connectivity index (χ3n) is 4.04. The lowest BCUT2D eigenvalue weighted by Gasteiger charge is -2.12. The predicted octanol–water partition coefficient (Wildman–Crippen LogP) is 4.81. The fourth-order valence-corrected chi connectivity index (χ4v) is 2.84. The van der Waals surface area contributed by atoms with Gasteiger partial charge in [-0.15, -0.1) is 0 Å². The standard InChI is InChI=1S/C20H21ClN4O2/c1-13-8-15(21)5-6-16(13)25-20-10-19(23-12-24-20)22-11-14-4-7-17(26-2)18(9-14)27-3/h4-10,12H,11H2,1-3H3,(H2,22,23,24,25). The molecule has 0 fully saturated rings. The second kappa shape index (κ2) is 8.60. The van der Waals surface area contributed by atoms with Crippen LogP contribution in [0.15, 0.2) is 48.8 Å². The van der Waals surface area contributed by atoms with E-state index in [1.165, 1.54) is 6.33 Å². The third kappa shape index (κ3) is 4.80. The van der Waals surface area contributed by atoms with E-state index in [0.717, 1.165) is 16.8 Å². The predicted molar refractivity (Wildman–Crippen MR) is 108 cm³/mol. The molecular weight excluding hydrogens is 364 g/mol. The fourth-order valence-electron chi connectivity index (χ4n) is 2.61. The minimum absolute atomic E-state index is 0.594. The van der Waals surface area contributed by atoms with Gasteiger partial charge >= 0.3 is 0 Å². The van der Waals surface area contributed by atoms with Crippen molar-refractivity contribution in [2.75, 3.05) is 24.9 Å². The van der Waals surface area contributed by atoms with Gasteiger partial charge in [-0.25, -0.2) is 9.97 Å². The number of methoxy groups -OCH3 is 2. The molecule has 27 heavy (non-hydrogen) atoms. The van der Waals surface area contributed by atoms with Crippen LogP contribution in [0, 0.1) is 6.92 Å². The summed E-state index contributed by atoms with van der Waals surface area (Å²) < 4.78 is 10.6. The normalized spacial score (nSPS) is 10.4. The molecular formula is C20H21ClN4O2. The van der Waals surface area contributed by atoms with Gasteiger partial charge in [0, 0.05) is 23.3 Å². The van der Waals surface area contributed by atoms with Crippen LogP contribution < -0.4 is 20.1 Å². The molecule has 140 valence electrons. The molecule has 0 aliphatic rings. The van der Waals surface area contributed by atoms with Gasteiger partial charge in [-0.3, -0.25) is 0 Å². The Bertz CT molecular complexity index is 934. The van der Waals surface area contributed by atoms with Gasteiger partial charge in [0.1, 0.15) is 18.0 Å². The van der Waals surface area contributed by atoms with Crippen molar-refractivity contribution in [2.24, 2.45) is 0 Å². The van der Waals surface area contributed by atoms with Gasteiger partial charge in [-0.2, -0.15) is 0 Å². The molecule has 0 radical (unpaired) electrons. The Labute approximate surface area is 163 Å². The maximum absolute atomic E-state index is 6.01. The van der Waals surface area contributed by atoms with Crippen LogP contribution >= 0.6 is 11.6 Å². The Balaban J connectivity index is 1.69. The SMILES string of the molecule is COc1ccc(CNc2cc(Nc3ccc(Cl)cc3C)ncn2)cc1OC. The van der Waals surface area contributed by atoms with E-state index >= 15 is 0 Å². The summed E-state index contributed by atoms with van der Waals surface area (Å²) in [6, 6.07) is 13.3. The van der Waals surface area contributed by atoms with E-state index in [1.54, 1.807) is 14.2 Å². The van der Waals surface area contributed by atoms with E-state index in [0.29, 0.717) is 34.7 Å². The summed E-state index contributed by atoms with van der Waals surface area (Å²) in [5.74, 6) is 2.81. The van der Waals surface area contributed by atoms with E-state index in [1.807, 2.05) is 49.4 Å². The summed E-state index contributed by atoms with van der Waals surface area (Å²) >= 11 is 6.01. The Morgan fingerprint density at radius 2 is 1.70 bits per heavy atom. The number of hydrogen-bond acceptors (Lipinski definition) is 6. The van der Waals surface area contributed by atoms with Gasteiger partial charge in [0.2, 0.25) is 0 Å². The molecule has 6 nitrogen and oxygen atoms in total. The summed E-state index contributed by atoms with van der Waals surface area (Å²) in [5, 5.41) is 7.28. The highest BCUT2D eigenvalue weighted by molar-refractivity contribution is 6.30. The Hall–Kier alpha value is -2.99. The summed E-state index contributed by atoms with van der Waals surface area (Å²) in [5.41, 5.74) is 3.04. The van der Waals surface area contributed by atoms with Crippen molar-refractivity contribution in [1.29, 1.82) is 0 Å². The van der Waals surface area contributed by atoms with Gasteiger partial charge in [0.05, 0.1) is 14.2 Å². The van der Waals surface area contributed by atoms with E-state index in [2.05, 4.69) is 20.6 Å². The number of nitrogens with zero attached hydrogens (tertiary/aromatic N) is 2. The molecule has 0 saturated carbocycles. The topological polar surface area (TPSA) is 68.3 Å². The quantitative estimate of drug-likeness (QED) is 0.609. The largest absolute Gasteiger partial charge is 0.493 e. The number of halogens is 1. The van der Waals surface area contributed by atoms with Gasteiger partial charge in [-0.1, -0.05) is 17.7 Å². The number of aromatic nitrogens is 2. The Kier molecular flexibility index (Phi) is 5.98. The minimum atomic E-state index is 0.594. The van der Waals surface area contributed by atoms with Crippen LogP contribution in [0.25, 0.3) is 0 Å². The lowest BCUT2D eigenvalue weighted by atomic mass is 10.2. The zero-order valence-corrected chi connectivity index (χ0v) is 16.2. The summed E-state index contributed by atoms with van der Waals surface area (Å²) in [7, 11) is 3.24. The van der Waals surface area contributed by atoms with Gasteiger partial charge in [-0.05, 0) is 48.4 Å². The molecule has 1 aromatic heterocycles. The van der Waals surface area contributed by atoms with Crippen LogP contribution in [0.2, 0.25) is 5.02 Å². The van der Waals surface area contributed by atoms with Crippen LogP contribution in [0.4, 0.5) is 17.3 Å². The lowest BCUT2D eigenvalue weighted by Crippen LogP contribution is -2.04. The zero-order chi connectivity index (χ0) is 19.2. The summed E-state index contributed by atoms with van der Waals surface area (Å²) in [6.07, 6.45) is 1.52. The smallest absolute Gasteiger partial charge is 0.161 e. The first kappa shape index (κ1) is 18.8. The Morgan fingerprint density at radius 3 is 2.44 bits per heavy atom. The molecule has 0 atom stereocenters. The van der Waals surface area contributed by atoms with Crippen molar-refractivity contribution in [3.63, 3.8) is 0 Å². The maximum atomic E-state index is 6.01. The minimum Gasteiger partial charge on any atom is -0.493 e. The first-order valence-electron chi connectivity index (χ1n) is 8.39. The van der Waals surface area contributed by atoms with Crippen LogP contribution in [-0.2, 0) is 6.54 Å². The molecule has 3 rings (SSSR count). The Morgan fingerprint density at radius 1 is 0.926 bits per heavy atom. The van der Waals surface area contributed by atoms with Crippen LogP contribution in [0.5, 0.6) is 11.5 Å². The molecule has 2 aromatic carbocycles. The second-order valence-corrected chi connectivity index (χ2v) is 6.35. The first-order valence-corrected chi connectivity index (χ1v) is 8.77. The number of anilines is 3. The molecule has 0 aliphatic heterocycles. The number of nitrogens with one attached hydrogen (secondary N) is 2. The number of hydrogen-bond donors (Lipinski definition) is 2. The first-order chi connectivity index (χ1) is 13.1. The van der Waals surface area contributed by atoms with Crippen molar-refractivity contribution in [2.45, 2.75) is 13.5 Å². The van der Waals surface area contributed by atoms with Crippen LogP contribution in [0.3, 0.4) is 0 Å². The molecule has 7 heteroatoms. The van der Waals surface area contributed by atoms with E-state index in [9.17, 15) is 0 Å². The molecule has 1 heterocycles. The van der Waals surface area contributed by atoms with Crippen molar-refractivity contribution in [3.8, 4) is 11.5 Å². The second-order valence-electron chi connectivity index (χ2n) is 5.92. The molecule has 0 unspecified atom stereocenters.